The molecule has 2 atom stereocenters. The number of rotatable bonds is 5. The van der Waals surface area contributed by atoms with Crippen molar-refractivity contribution in [2.45, 2.75) is 25.3 Å². The van der Waals surface area contributed by atoms with Gasteiger partial charge in [0.15, 0.2) is 0 Å². The smallest absolute Gasteiger partial charge is 0.220 e. The molecule has 0 heterocycles. The maximum atomic E-state index is 11.7. The van der Waals surface area contributed by atoms with Crippen molar-refractivity contribution in [3.05, 3.63) is 48.0 Å². The van der Waals surface area contributed by atoms with E-state index in [1.807, 2.05) is 30.3 Å². The summed E-state index contributed by atoms with van der Waals surface area (Å²) in [4.78, 5) is 11.7. The van der Waals surface area contributed by atoms with Gasteiger partial charge in [0.05, 0.1) is 0 Å². The van der Waals surface area contributed by atoms with Gasteiger partial charge in [0.2, 0.25) is 5.91 Å². The Morgan fingerprint density at radius 3 is 2.83 bits per heavy atom. The van der Waals surface area contributed by atoms with E-state index in [2.05, 4.69) is 17.5 Å². The third kappa shape index (κ3) is 3.70. The van der Waals surface area contributed by atoms with E-state index in [0.717, 1.165) is 18.4 Å². The highest BCUT2D eigenvalue weighted by molar-refractivity contribution is 5.76. The molecular weight excluding hydrogens is 224 g/mol. The lowest BCUT2D eigenvalue weighted by Gasteiger charge is -2.14. The van der Waals surface area contributed by atoms with Gasteiger partial charge in [-0.25, -0.2) is 0 Å². The second kappa shape index (κ2) is 6.36. The zero-order valence-electron chi connectivity index (χ0n) is 10.5. The van der Waals surface area contributed by atoms with Crippen molar-refractivity contribution >= 4 is 5.91 Å². The first-order valence-corrected chi connectivity index (χ1v) is 6.49. The Kier molecular flexibility index (Phi) is 4.53. The molecule has 1 aliphatic carbocycles. The van der Waals surface area contributed by atoms with Crippen LogP contribution in [-0.2, 0) is 4.79 Å². The van der Waals surface area contributed by atoms with Crippen LogP contribution in [-0.4, -0.2) is 12.5 Å². The van der Waals surface area contributed by atoms with Crippen molar-refractivity contribution in [3.8, 4) is 0 Å². The Bertz CT molecular complexity index is 414. The Morgan fingerprint density at radius 1 is 1.39 bits per heavy atom. The van der Waals surface area contributed by atoms with E-state index in [-0.39, 0.29) is 11.9 Å². The molecule has 18 heavy (non-hydrogen) atoms. The third-order valence-corrected chi connectivity index (χ3v) is 3.31. The van der Waals surface area contributed by atoms with Gasteiger partial charge in [-0.2, -0.15) is 0 Å². The van der Waals surface area contributed by atoms with Gasteiger partial charge in [-0.15, -0.1) is 0 Å². The number of hydrogen-bond donors (Lipinski definition) is 2. The molecule has 1 aromatic carbocycles. The van der Waals surface area contributed by atoms with Gasteiger partial charge < -0.3 is 11.1 Å². The van der Waals surface area contributed by atoms with Crippen LogP contribution in [0.5, 0.6) is 0 Å². The van der Waals surface area contributed by atoms with Gasteiger partial charge in [0, 0.05) is 19.0 Å². The molecule has 0 fully saturated rings. The Balaban J connectivity index is 1.74. The second-order valence-electron chi connectivity index (χ2n) is 4.79. The first-order valence-electron chi connectivity index (χ1n) is 6.49. The van der Waals surface area contributed by atoms with Crippen LogP contribution < -0.4 is 11.1 Å². The van der Waals surface area contributed by atoms with E-state index < -0.39 is 0 Å². The third-order valence-electron chi connectivity index (χ3n) is 3.31. The molecule has 3 N–H and O–H groups in total. The van der Waals surface area contributed by atoms with Crippen LogP contribution >= 0.6 is 0 Å². The normalized spacial score (nSPS) is 19.7. The van der Waals surface area contributed by atoms with Crippen LogP contribution in [0.2, 0.25) is 0 Å². The van der Waals surface area contributed by atoms with Crippen LogP contribution in [0.25, 0.3) is 0 Å². The molecule has 96 valence electrons. The predicted octanol–water partition coefficient (Wildman–Crippen LogP) is 2.16. The molecule has 3 heteroatoms. The maximum absolute atomic E-state index is 11.7. The molecule has 1 amide bonds. The fourth-order valence-corrected chi connectivity index (χ4v) is 2.22. The molecule has 0 spiro atoms. The molecule has 2 rings (SSSR count). The number of benzene rings is 1. The molecule has 2 unspecified atom stereocenters. The molecule has 0 saturated carbocycles. The molecule has 0 radical (unpaired) electrons. The average molecular weight is 244 g/mol. The van der Waals surface area contributed by atoms with Gasteiger partial charge in [0.25, 0.3) is 0 Å². The molecule has 0 aliphatic heterocycles. The second-order valence-corrected chi connectivity index (χ2v) is 4.79. The lowest BCUT2D eigenvalue weighted by molar-refractivity contribution is -0.121. The minimum Gasteiger partial charge on any atom is -0.354 e. The van der Waals surface area contributed by atoms with E-state index in [4.69, 9.17) is 5.73 Å². The van der Waals surface area contributed by atoms with E-state index in [0.29, 0.717) is 18.9 Å². The standard InChI is InChI=1S/C15H20N2O/c16-14(13-8-2-1-3-9-13)11-17-15(18)10-12-6-4-5-7-12/h1-4,6,8-9,12,14H,5,7,10-11,16H2,(H,17,18). The van der Waals surface area contributed by atoms with Crippen LogP contribution in [0.1, 0.15) is 30.9 Å². The van der Waals surface area contributed by atoms with Crippen molar-refractivity contribution in [2.75, 3.05) is 6.54 Å². The summed E-state index contributed by atoms with van der Waals surface area (Å²) >= 11 is 0. The first kappa shape index (κ1) is 12.8. The number of allylic oxidation sites excluding steroid dienone is 2. The summed E-state index contributed by atoms with van der Waals surface area (Å²) in [5.41, 5.74) is 7.08. The van der Waals surface area contributed by atoms with Crippen molar-refractivity contribution in [3.63, 3.8) is 0 Å². The maximum Gasteiger partial charge on any atom is 0.220 e. The molecule has 1 aromatic rings. The SMILES string of the molecule is NC(CNC(=O)CC1C=CCC1)c1ccccc1. The van der Waals surface area contributed by atoms with Gasteiger partial charge in [-0.05, 0) is 24.3 Å². The number of amides is 1. The Labute approximate surface area is 108 Å². The fourth-order valence-electron chi connectivity index (χ4n) is 2.22. The van der Waals surface area contributed by atoms with Crippen molar-refractivity contribution < 1.29 is 4.79 Å². The van der Waals surface area contributed by atoms with Gasteiger partial charge >= 0.3 is 0 Å². The van der Waals surface area contributed by atoms with E-state index in [9.17, 15) is 4.79 Å². The fraction of sp³-hybridized carbons (Fsp3) is 0.400. The topological polar surface area (TPSA) is 55.1 Å². The van der Waals surface area contributed by atoms with E-state index in [1.54, 1.807) is 0 Å². The predicted molar refractivity (Wildman–Crippen MR) is 72.9 cm³/mol. The highest BCUT2D eigenvalue weighted by Gasteiger charge is 2.14. The summed E-state index contributed by atoms with van der Waals surface area (Å²) in [6, 6.07) is 9.71. The largest absolute Gasteiger partial charge is 0.354 e. The van der Waals surface area contributed by atoms with Crippen LogP contribution in [0.4, 0.5) is 0 Å². The molecule has 0 saturated heterocycles. The molecular formula is C15H20N2O. The summed E-state index contributed by atoms with van der Waals surface area (Å²) in [6.45, 7) is 0.499. The highest BCUT2D eigenvalue weighted by Crippen LogP contribution is 2.20. The quantitative estimate of drug-likeness (QED) is 0.780. The lowest BCUT2D eigenvalue weighted by Crippen LogP contribution is -2.32. The summed E-state index contributed by atoms with van der Waals surface area (Å²) in [5.74, 6) is 0.510. The monoisotopic (exact) mass is 244 g/mol. The molecule has 0 bridgehead atoms. The highest BCUT2D eigenvalue weighted by atomic mass is 16.1. The number of nitrogens with one attached hydrogen (secondary N) is 1. The van der Waals surface area contributed by atoms with E-state index >= 15 is 0 Å². The Hall–Kier alpha value is -1.61. The van der Waals surface area contributed by atoms with E-state index in [1.165, 1.54) is 0 Å². The number of nitrogens with two attached hydrogens (primary N) is 1. The van der Waals surface area contributed by atoms with Gasteiger partial charge in [-0.1, -0.05) is 42.5 Å². The van der Waals surface area contributed by atoms with Crippen molar-refractivity contribution in [2.24, 2.45) is 11.7 Å². The summed E-state index contributed by atoms with van der Waals surface area (Å²) in [6.07, 6.45) is 7.06. The van der Waals surface area contributed by atoms with Crippen molar-refractivity contribution in [1.82, 2.24) is 5.32 Å². The number of carbonyl (C=O) groups is 1. The zero-order valence-corrected chi connectivity index (χ0v) is 10.5. The summed E-state index contributed by atoms with van der Waals surface area (Å²) in [7, 11) is 0. The number of hydrogen-bond acceptors (Lipinski definition) is 2. The lowest BCUT2D eigenvalue weighted by atomic mass is 10.0. The average Bonchev–Trinajstić information content (AvgIpc) is 2.90. The first-order chi connectivity index (χ1) is 8.75. The van der Waals surface area contributed by atoms with Crippen LogP contribution in [0.15, 0.2) is 42.5 Å². The van der Waals surface area contributed by atoms with Crippen LogP contribution in [0.3, 0.4) is 0 Å². The number of carbonyl (C=O) groups excluding carboxylic acids is 1. The van der Waals surface area contributed by atoms with Crippen LogP contribution in [0, 0.1) is 5.92 Å². The summed E-state index contributed by atoms with van der Waals surface area (Å²) in [5, 5.41) is 2.91. The minimum absolute atomic E-state index is 0.0953. The zero-order chi connectivity index (χ0) is 12.8. The molecule has 3 nitrogen and oxygen atoms in total. The van der Waals surface area contributed by atoms with Crippen molar-refractivity contribution in [1.29, 1.82) is 0 Å². The van der Waals surface area contributed by atoms with Gasteiger partial charge in [-0.3, -0.25) is 4.79 Å². The Morgan fingerprint density at radius 2 is 2.17 bits per heavy atom. The summed E-state index contributed by atoms with van der Waals surface area (Å²) < 4.78 is 0. The molecule has 1 aliphatic rings. The minimum atomic E-state index is -0.130. The van der Waals surface area contributed by atoms with Gasteiger partial charge in [0.1, 0.15) is 0 Å². The molecule has 0 aromatic heterocycles.